The molecule has 2 aromatic carbocycles. The van der Waals surface area contributed by atoms with Gasteiger partial charge in [0, 0.05) is 23.9 Å². The normalized spacial score (nSPS) is 10.1. The molecule has 7 nitrogen and oxygen atoms in total. The highest BCUT2D eigenvalue weighted by Crippen LogP contribution is 2.24. The zero-order valence-electron chi connectivity index (χ0n) is 15.6. The first-order valence-electron chi connectivity index (χ1n) is 8.45. The van der Waals surface area contributed by atoms with E-state index in [4.69, 9.17) is 10.00 Å². The number of amides is 1. The van der Waals surface area contributed by atoms with Crippen LogP contribution in [0.4, 0.5) is 11.4 Å². The Morgan fingerprint density at radius 2 is 1.85 bits per heavy atom. The molecule has 140 valence electrons. The number of nitrogens with zero attached hydrogens (tertiary/aromatic N) is 3. The molecule has 0 aliphatic rings. The lowest BCUT2D eigenvalue weighted by molar-refractivity contribution is -0.385. The Hall–Kier alpha value is -3.40. The molecule has 7 heteroatoms. The van der Waals surface area contributed by atoms with Gasteiger partial charge in [0.15, 0.2) is 6.61 Å². The number of nitro groups is 1. The van der Waals surface area contributed by atoms with Crippen LogP contribution < -0.4 is 9.64 Å². The lowest BCUT2D eigenvalue weighted by atomic mass is 10.1. The van der Waals surface area contributed by atoms with Crippen molar-refractivity contribution < 1.29 is 14.5 Å². The number of ether oxygens (including phenoxy) is 1. The summed E-state index contributed by atoms with van der Waals surface area (Å²) < 4.78 is 5.53. The van der Waals surface area contributed by atoms with Crippen LogP contribution in [-0.4, -0.2) is 24.0 Å². The summed E-state index contributed by atoms with van der Waals surface area (Å²) in [5, 5.41) is 19.8. The Morgan fingerprint density at radius 3 is 2.41 bits per heavy atom. The maximum Gasteiger partial charge on any atom is 0.272 e. The molecule has 2 aromatic rings. The average Bonchev–Trinajstić information content (AvgIpc) is 2.59. The summed E-state index contributed by atoms with van der Waals surface area (Å²) in [6, 6.07) is 12.2. The van der Waals surface area contributed by atoms with Crippen LogP contribution in [0, 0.1) is 42.2 Å². The third kappa shape index (κ3) is 5.28. The Labute approximate surface area is 157 Å². The number of rotatable bonds is 7. The van der Waals surface area contributed by atoms with Crippen LogP contribution in [0.3, 0.4) is 0 Å². The van der Waals surface area contributed by atoms with Crippen LogP contribution >= 0.6 is 0 Å². The van der Waals surface area contributed by atoms with Crippen LogP contribution in [0.2, 0.25) is 0 Å². The maximum absolute atomic E-state index is 12.7. The van der Waals surface area contributed by atoms with E-state index in [0.29, 0.717) is 11.3 Å². The summed E-state index contributed by atoms with van der Waals surface area (Å²) in [7, 11) is 0. The minimum atomic E-state index is -0.464. The van der Waals surface area contributed by atoms with Gasteiger partial charge in [-0.1, -0.05) is 6.07 Å². The van der Waals surface area contributed by atoms with Crippen molar-refractivity contribution in [1.82, 2.24) is 0 Å². The summed E-state index contributed by atoms with van der Waals surface area (Å²) in [6.07, 6.45) is 0.204. The molecular formula is C20H21N3O4. The monoisotopic (exact) mass is 367 g/mol. The first-order chi connectivity index (χ1) is 12.8. The number of nitro benzene ring substituents is 1. The minimum absolute atomic E-state index is 0.000408. The Bertz CT molecular complexity index is 882. The molecule has 0 saturated heterocycles. The largest absolute Gasteiger partial charge is 0.484 e. The van der Waals surface area contributed by atoms with Crippen molar-refractivity contribution in [3.63, 3.8) is 0 Å². The van der Waals surface area contributed by atoms with Crippen LogP contribution in [-0.2, 0) is 4.79 Å². The standard InChI is InChI=1S/C20H21N3O4/c1-14-9-15(2)11-17(10-14)22(8-4-7-21)20(24)13-27-18-5-6-19(23(25)26)16(3)12-18/h5-6,9-12H,4,8,13H2,1-3H3. The SMILES string of the molecule is Cc1cc(C)cc(N(CCC#N)C(=O)COc2ccc([N+](=O)[O-])c(C)c2)c1. The molecule has 0 bridgehead atoms. The van der Waals surface area contributed by atoms with Gasteiger partial charge in [-0.15, -0.1) is 0 Å². The lowest BCUT2D eigenvalue weighted by Gasteiger charge is -2.23. The number of hydrogen-bond acceptors (Lipinski definition) is 5. The number of anilines is 1. The second kappa shape index (κ2) is 8.81. The predicted molar refractivity (Wildman–Crippen MR) is 102 cm³/mol. The van der Waals surface area contributed by atoms with E-state index in [1.165, 1.54) is 23.1 Å². The molecular weight excluding hydrogens is 346 g/mol. The van der Waals surface area contributed by atoms with Crippen molar-refractivity contribution in [2.24, 2.45) is 0 Å². The second-order valence-corrected chi connectivity index (χ2v) is 6.29. The van der Waals surface area contributed by atoms with Gasteiger partial charge in [0.1, 0.15) is 5.75 Å². The highest BCUT2D eigenvalue weighted by molar-refractivity contribution is 5.94. The first kappa shape index (κ1) is 19.9. The highest BCUT2D eigenvalue weighted by atomic mass is 16.6. The van der Waals surface area contributed by atoms with Crippen molar-refractivity contribution in [2.75, 3.05) is 18.1 Å². The summed E-state index contributed by atoms with van der Waals surface area (Å²) in [4.78, 5) is 24.6. The van der Waals surface area contributed by atoms with Gasteiger partial charge in [-0.25, -0.2) is 0 Å². The summed E-state index contributed by atoms with van der Waals surface area (Å²) in [6.45, 7) is 5.54. The fourth-order valence-corrected chi connectivity index (χ4v) is 2.81. The van der Waals surface area contributed by atoms with Crippen LogP contribution in [0.15, 0.2) is 36.4 Å². The van der Waals surface area contributed by atoms with Crippen LogP contribution in [0.5, 0.6) is 5.75 Å². The third-order valence-corrected chi connectivity index (χ3v) is 3.99. The molecule has 0 aliphatic carbocycles. The number of nitriles is 1. The number of carbonyl (C=O) groups is 1. The molecule has 0 atom stereocenters. The van der Waals surface area contributed by atoms with Crippen LogP contribution in [0.25, 0.3) is 0 Å². The summed E-state index contributed by atoms with van der Waals surface area (Å²) in [5.41, 5.74) is 3.22. The topological polar surface area (TPSA) is 96.5 Å². The molecule has 0 saturated carbocycles. The smallest absolute Gasteiger partial charge is 0.272 e. The van der Waals surface area contributed by atoms with Gasteiger partial charge in [0.05, 0.1) is 17.4 Å². The Morgan fingerprint density at radius 1 is 1.19 bits per heavy atom. The highest BCUT2D eigenvalue weighted by Gasteiger charge is 2.18. The van der Waals surface area contributed by atoms with Crippen molar-refractivity contribution in [2.45, 2.75) is 27.2 Å². The molecule has 27 heavy (non-hydrogen) atoms. The molecule has 0 heterocycles. The van der Waals surface area contributed by atoms with E-state index in [9.17, 15) is 14.9 Å². The molecule has 0 aromatic heterocycles. The van der Waals surface area contributed by atoms with Crippen molar-refractivity contribution in [1.29, 1.82) is 5.26 Å². The number of carbonyl (C=O) groups excluding carboxylic acids is 1. The van der Waals surface area contributed by atoms with Gasteiger partial charge >= 0.3 is 0 Å². The van der Waals surface area contributed by atoms with Crippen molar-refractivity contribution in [3.05, 3.63) is 63.2 Å². The van der Waals surface area contributed by atoms with Gasteiger partial charge in [-0.05, 0) is 56.2 Å². The minimum Gasteiger partial charge on any atom is -0.484 e. The Kier molecular flexibility index (Phi) is 6.50. The number of benzene rings is 2. The summed E-state index contributed by atoms with van der Waals surface area (Å²) in [5.74, 6) is 0.0957. The van der Waals surface area contributed by atoms with E-state index in [1.54, 1.807) is 6.92 Å². The van der Waals surface area contributed by atoms with Crippen molar-refractivity contribution >= 4 is 17.3 Å². The van der Waals surface area contributed by atoms with Gasteiger partial charge in [0.2, 0.25) is 0 Å². The first-order valence-corrected chi connectivity index (χ1v) is 8.45. The van der Waals surface area contributed by atoms with Gasteiger partial charge in [0.25, 0.3) is 11.6 Å². The average molecular weight is 367 g/mol. The third-order valence-electron chi connectivity index (χ3n) is 3.99. The molecule has 0 fully saturated rings. The number of aryl methyl sites for hydroxylation is 3. The van der Waals surface area contributed by atoms with E-state index in [2.05, 4.69) is 6.07 Å². The lowest BCUT2D eigenvalue weighted by Crippen LogP contribution is -2.35. The summed E-state index contributed by atoms with van der Waals surface area (Å²) >= 11 is 0. The van der Waals surface area contributed by atoms with E-state index in [-0.39, 0.29) is 31.2 Å². The predicted octanol–water partition coefficient (Wildman–Crippen LogP) is 3.85. The molecule has 1 amide bonds. The molecule has 0 radical (unpaired) electrons. The quantitative estimate of drug-likeness (QED) is 0.547. The molecule has 0 unspecified atom stereocenters. The fraction of sp³-hybridized carbons (Fsp3) is 0.300. The van der Waals surface area contributed by atoms with Crippen LogP contribution in [0.1, 0.15) is 23.1 Å². The van der Waals surface area contributed by atoms with Gasteiger partial charge in [-0.2, -0.15) is 5.26 Å². The zero-order chi connectivity index (χ0) is 20.0. The zero-order valence-corrected chi connectivity index (χ0v) is 15.6. The molecule has 0 spiro atoms. The second-order valence-electron chi connectivity index (χ2n) is 6.29. The number of hydrogen-bond donors (Lipinski definition) is 0. The maximum atomic E-state index is 12.7. The van der Waals surface area contributed by atoms with Gasteiger partial charge < -0.3 is 9.64 Å². The van der Waals surface area contributed by atoms with E-state index >= 15 is 0 Å². The van der Waals surface area contributed by atoms with E-state index in [0.717, 1.165) is 16.8 Å². The molecule has 0 N–H and O–H groups in total. The molecule has 2 rings (SSSR count). The fourth-order valence-electron chi connectivity index (χ4n) is 2.81. The van der Waals surface area contributed by atoms with Crippen molar-refractivity contribution in [3.8, 4) is 11.8 Å². The Balaban J connectivity index is 2.15. The van der Waals surface area contributed by atoms with Gasteiger partial charge in [-0.3, -0.25) is 14.9 Å². The van der Waals surface area contributed by atoms with E-state index < -0.39 is 4.92 Å². The van der Waals surface area contributed by atoms with E-state index in [1.807, 2.05) is 32.0 Å². The molecule has 0 aliphatic heterocycles.